The molecule has 0 spiro atoms. The summed E-state index contributed by atoms with van der Waals surface area (Å²) in [6, 6.07) is 4.62. The second-order valence-electron chi connectivity index (χ2n) is 4.52. The number of nitrogens with one attached hydrogen (secondary N) is 1. The van der Waals surface area contributed by atoms with E-state index in [0.29, 0.717) is 12.3 Å². The summed E-state index contributed by atoms with van der Waals surface area (Å²) in [5.41, 5.74) is 0.243. The minimum atomic E-state index is -0.277. The summed E-state index contributed by atoms with van der Waals surface area (Å²) in [6.07, 6.45) is 0.887. The van der Waals surface area contributed by atoms with Crippen LogP contribution in [0.3, 0.4) is 0 Å². The van der Waals surface area contributed by atoms with Crippen molar-refractivity contribution in [2.24, 2.45) is 0 Å². The Morgan fingerprint density at radius 1 is 1.35 bits per heavy atom. The quantitative estimate of drug-likeness (QED) is 0.714. The van der Waals surface area contributed by atoms with Crippen molar-refractivity contribution in [3.8, 4) is 11.5 Å². The number of phenolic OH excluding ortho intramolecular Hbond substituents is 1. The summed E-state index contributed by atoms with van der Waals surface area (Å²) in [5, 5.41) is 12.5. The van der Waals surface area contributed by atoms with Gasteiger partial charge in [0.05, 0.1) is 12.7 Å². The van der Waals surface area contributed by atoms with Gasteiger partial charge in [-0.2, -0.15) is 0 Å². The lowest BCUT2D eigenvalue weighted by Gasteiger charge is -2.17. The Kier molecular flexibility index (Phi) is 6.87. The Hall–Kier alpha value is -1.75. The van der Waals surface area contributed by atoms with E-state index >= 15 is 0 Å². The highest BCUT2D eigenvalue weighted by atomic mass is 16.5. The molecule has 5 heteroatoms. The number of methoxy groups -OCH3 is 1. The predicted octanol–water partition coefficient (Wildman–Crippen LogP) is 1.86. The molecule has 5 nitrogen and oxygen atoms in total. The number of hydrogen-bond acceptors (Lipinski definition) is 4. The van der Waals surface area contributed by atoms with Gasteiger partial charge in [-0.05, 0) is 44.3 Å². The second kappa shape index (κ2) is 8.43. The van der Waals surface area contributed by atoms with Crippen molar-refractivity contribution in [3.05, 3.63) is 23.8 Å². The van der Waals surface area contributed by atoms with Crippen LogP contribution in [-0.2, 0) is 0 Å². The second-order valence-corrected chi connectivity index (χ2v) is 4.52. The summed E-state index contributed by atoms with van der Waals surface area (Å²) in [7, 11) is 1.53. The van der Waals surface area contributed by atoms with Gasteiger partial charge in [0.15, 0.2) is 0 Å². The summed E-state index contributed by atoms with van der Waals surface area (Å²) in [6.45, 7) is 7.82. The topological polar surface area (TPSA) is 61.8 Å². The molecule has 1 rings (SSSR count). The summed E-state index contributed by atoms with van der Waals surface area (Å²) in [4.78, 5) is 14.3. The van der Waals surface area contributed by atoms with Crippen LogP contribution >= 0.6 is 0 Å². The average Bonchev–Trinajstić information content (AvgIpc) is 2.47. The van der Waals surface area contributed by atoms with Gasteiger partial charge in [0, 0.05) is 6.54 Å². The van der Waals surface area contributed by atoms with Crippen molar-refractivity contribution in [3.63, 3.8) is 0 Å². The highest BCUT2D eigenvalue weighted by Crippen LogP contribution is 2.22. The van der Waals surface area contributed by atoms with Crippen LogP contribution in [0.15, 0.2) is 18.2 Å². The Bertz CT molecular complexity index is 431. The molecule has 0 heterocycles. The molecule has 1 amide bonds. The molecule has 0 bridgehead atoms. The van der Waals surface area contributed by atoms with Crippen molar-refractivity contribution in [1.82, 2.24) is 10.2 Å². The van der Waals surface area contributed by atoms with Crippen LogP contribution in [0.2, 0.25) is 0 Å². The van der Waals surface area contributed by atoms with E-state index in [1.54, 1.807) is 6.07 Å². The molecule has 0 atom stereocenters. The Morgan fingerprint density at radius 2 is 2.05 bits per heavy atom. The largest absolute Gasteiger partial charge is 0.507 e. The van der Waals surface area contributed by atoms with Gasteiger partial charge in [-0.15, -0.1) is 0 Å². The molecule has 1 aromatic rings. The predicted molar refractivity (Wildman–Crippen MR) is 79.4 cm³/mol. The summed E-state index contributed by atoms with van der Waals surface area (Å²) in [5.74, 6) is 0.240. The first kappa shape index (κ1) is 16.3. The third kappa shape index (κ3) is 4.74. The maximum absolute atomic E-state index is 12.0. The molecule has 2 N–H and O–H groups in total. The molecule has 1 aromatic carbocycles. The Balaban J connectivity index is 2.47. The number of rotatable bonds is 8. The molecule has 0 aromatic heterocycles. The van der Waals surface area contributed by atoms with Crippen LogP contribution in [0, 0.1) is 0 Å². The van der Waals surface area contributed by atoms with Gasteiger partial charge in [-0.1, -0.05) is 13.8 Å². The van der Waals surface area contributed by atoms with Gasteiger partial charge >= 0.3 is 0 Å². The summed E-state index contributed by atoms with van der Waals surface area (Å²) >= 11 is 0. The first-order chi connectivity index (χ1) is 9.62. The first-order valence-electron chi connectivity index (χ1n) is 6.99. The first-order valence-corrected chi connectivity index (χ1v) is 6.99. The van der Waals surface area contributed by atoms with E-state index in [1.807, 2.05) is 0 Å². The van der Waals surface area contributed by atoms with Gasteiger partial charge in [0.1, 0.15) is 11.5 Å². The SMILES string of the molecule is CCN(CC)CCCNC(=O)c1cc(OC)ccc1O. The van der Waals surface area contributed by atoms with Crippen molar-refractivity contribution < 1.29 is 14.6 Å². The van der Waals surface area contributed by atoms with Crippen LogP contribution < -0.4 is 10.1 Å². The minimum Gasteiger partial charge on any atom is -0.507 e. The molecule has 0 aliphatic carbocycles. The maximum Gasteiger partial charge on any atom is 0.255 e. The van der Waals surface area contributed by atoms with Crippen molar-refractivity contribution in [1.29, 1.82) is 0 Å². The lowest BCUT2D eigenvalue weighted by molar-refractivity contribution is 0.0949. The highest BCUT2D eigenvalue weighted by Gasteiger charge is 2.11. The van der Waals surface area contributed by atoms with Crippen molar-refractivity contribution >= 4 is 5.91 Å². The number of hydrogen-bond donors (Lipinski definition) is 2. The van der Waals surface area contributed by atoms with E-state index < -0.39 is 0 Å². The van der Waals surface area contributed by atoms with Gasteiger partial charge in [0.2, 0.25) is 0 Å². The number of carbonyl (C=O) groups excluding carboxylic acids is 1. The molecule has 0 radical (unpaired) electrons. The molecule has 0 aliphatic heterocycles. The molecule has 20 heavy (non-hydrogen) atoms. The molecule has 0 fully saturated rings. The van der Waals surface area contributed by atoms with Crippen LogP contribution in [0.1, 0.15) is 30.6 Å². The lowest BCUT2D eigenvalue weighted by atomic mass is 10.1. The zero-order valence-electron chi connectivity index (χ0n) is 12.5. The number of aromatic hydroxyl groups is 1. The molecule has 0 saturated carbocycles. The van der Waals surface area contributed by atoms with E-state index in [9.17, 15) is 9.90 Å². The van der Waals surface area contributed by atoms with E-state index in [0.717, 1.165) is 26.1 Å². The Morgan fingerprint density at radius 3 is 2.65 bits per heavy atom. The fourth-order valence-electron chi connectivity index (χ4n) is 1.96. The van der Waals surface area contributed by atoms with E-state index in [-0.39, 0.29) is 17.2 Å². The normalized spacial score (nSPS) is 10.6. The van der Waals surface area contributed by atoms with Crippen molar-refractivity contribution in [2.45, 2.75) is 20.3 Å². The highest BCUT2D eigenvalue weighted by molar-refractivity contribution is 5.97. The number of benzene rings is 1. The van der Waals surface area contributed by atoms with Crippen LogP contribution in [0.5, 0.6) is 11.5 Å². The van der Waals surface area contributed by atoms with Gasteiger partial charge in [0.25, 0.3) is 5.91 Å². The zero-order chi connectivity index (χ0) is 15.0. The fraction of sp³-hybridized carbons (Fsp3) is 0.533. The lowest BCUT2D eigenvalue weighted by Crippen LogP contribution is -2.29. The molecular weight excluding hydrogens is 256 g/mol. The minimum absolute atomic E-state index is 0.0351. The van der Waals surface area contributed by atoms with E-state index in [4.69, 9.17) is 4.74 Å². The Labute approximate surface area is 120 Å². The molecule has 0 saturated heterocycles. The van der Waals surface area contributed by atoms with Crippen molar-refractivity contribution in [2.75, 3.05) is 33.3 Å². The van der Waals surface area contributed by atoms with Crippen LogP contribution in [-0.4, -0.2) is 49.2 Å². The number of ether oxygens (including phenoxy) is 1. The van der Waals surface area contributed by atoms with Gasteiger partial charge in [-0.3, -0.25) is 4.79 Å². The smallest absolute Gasteiger partial charge is 0.255 e. The number of nitrogens with zero attached hydrogens (tertiary/aromatic N) is 1. The zero-order valence-corrected chi connectivity index (χ0v) is 12.5. The third-order valence-corrected chi connectivity index (χ3v) is 3.28. The number of amides is 1. The fourth-order valence-corrected chi connectivity index (χ4v) is 1.96. The molecule has 0 aliphatic rings. The van der Waals surface area contributed by atoms with Gasteiger partial charge < -0.3 is 20.1 Å². The molecule has 0 unspecified atom stereocenters. The monoisotopic (exact) mass is 280 g/mol. The number of phenols is 1. The molecule has 112 valence electrons. The van der Waals surface area contributed by atoms with Crippen LogP contribution in [0.25, 0.3) is 0 Å². The van der Waals surface area contributed by atoms with E-state index in [2.05, 4.69) is 24.1 Å². The van der Waals surface area contributed by atoms with Gasteiger partial charge in [-0.25, -0.2) is 0 Å². The van der Waals surface area contributed by atoms with Crippen LogP contribution in [0.4, 0.5) is 0 Å². The maximum atomic E-state index is 12.0. The molecular formula is C15H24N2O3. The average molecular weight is 280 g/mol. The number of carbonyl (C=O) groups is 1. The summed E-state index contributed by atoms with van der Waals surface area (Å²) < 4.78 is 5.05. The van der Waals surface area contributed by atoms with E-state index in [1.165, 1.54) is 19.2 Å². The standard InChI is InChI=1S/C15H24N2O3/c1-4-17(5-2)10-6-9-16-15(19)13-11-12(20-3)7-8-14(13)18/h7-8,11,18H,4-6,9-10H2,1-3H3,(H,16,19). The third-order valence-electron chi connectivity index (χ3n) is 3.28.